The Morgan fingerprint density at radius 2 is 1.75 bits per heavy atom. The number of esters is 1. The van der Waals surface area contributed by atoms with Crippen LogP contribution in [0.15, 0.2) is 29.8 Å². The second-order valence-corrected chi connectivity index (χ2v) is 10.7. The van der Waals surface area contributed by atoms with Crippen LogP contribution in [0.25, 0.3) is 0 Å². The lowest BCUT2D eigenvalue weighted by molar-refractivity contribution is -0.135. The van der Waals surface area contributed by atoms with Gasteiger partial charge in [-0.05, 0) is 23.2 Å². The van der Waals surface area contributed by atoms with E-state index in [-0.39, 0.29) is 48.9 Å². The van der Waals surface area contributed by atoms with Gasteiger partial charge in [-0.15, -0.1) is 0 Å². The maximum absolute atomic E-state index is 12.3. The van der Waals surface area contributed by atoms with Crippen molar-refractivity contribution >= 4 is 5.97 Å². The molecule has 32 heavy (non-hydrogen) atoms. The molecule has 2 atom stereocenters. The van der Waals surface area contributed by atoms with Gasteiger partial charge in [0.15, 0.2) is 0 Å². The zero-order chi connectivity index (χ0) is 23.9. The summed E-state index contributed by atoms with van der Waals surface area (Å²) in [5, 5.41) is 18.9. The first-order valence-corrected chi connectivity index (χ1v) is 11.3. The number of para-hydroxylation sites is 1. The van der Waals surface area contributed by atoms with Crippen molar-refractivity contribution in [2.45, 2.75) is 80.1 Å². The topological polar surface area (TPSA) is 76.0 Å². The maximum atomic E-state index is 12.3. The molecule has 2 N–H and O–H groups in total. The Kier molecular flexibility index (Phi) is 9.09. The van der Waals surface area contributed by atoms with Crippen molar-refractivity contribution in [2.24, 2.45) is 16.7 Å². The van der Waals surface area contributed by atoms with Gasteiger partial charge in [-0.1, -0.05) is 77.7 Å². The van der Waals surface area contributed by atoms with Crippen LogP contribution in [0.4, 0.5) is 0 Å². The fraction of sp³-hybridized carbons (Fsp3) is 0.593. The molecule has 0 bridgehead atoms. The lowest BCUT2D eigenvalue weighted by Crippen LogP contribution is -2.28. The highest BCUT2D eigenvalue weighted by molar-refractivity contribution is 5.73. The predicted octanol–water partition coefficient (Wildman–Crippen LogP) is 4.78. The molecule has 1 aliphatic rings. The molecule has 0 fully saturated rings. The average molecular weight is 443 g/mol. The smallest absolute Gasteiger partial charge is 0.313 e. The standard InChI is InChI=1S/C27H38O5/c1-26(2,3)16-23(27(4,5)6)19-10-12-22(13-11-19)31-15-14-24(30)32-25-20(17-28)8-7-9-21(25)18-29/h7-10,22-23,28-29H,12,14-18H2,1-6H3. The van der Waals surface area contributed by atoms with Crippen LogP contribution in [0.5, 0.6) is 5.75 Å². The van der Waals surface area contributed by atoms with E-state index in [0.717, 1.165) is 6.42 Å². The van der Waals surface area contributed by atoms with Gasteiger partial charge in [-0.2, -0.15) is 0 Å². The van der Waals surface area contributed by atoms with Crippen LogP contribution in [0.3, 0.4) is 0 Å². The maximum Gasteiger partial charge on any atom is 0.313 e. The average Bonchev–Trinajstić information content (AvgIpc) is 2.71. The number of allylic oxidation sites excluding steroid dienone is 1. The molecule has 0 radical (unpaired) electrons. The number of benzene rings is 1. The van der Waals surface area contributed by atoms with Crippen molar-refractivity contribution in [1.29, 1.82) is 0 Å². The third-order valence-corrected chi connectivity index (χ3v) is 5.53. The minimum atomic E-state index is -0.474. The van der Waals surface area contributed by atoms with E-state index < -0.39 is 5.97 Å². The summed E-state index contributed by atoms with van der Waals surface area (Å²) in [7, 11) is 0. The molecule has 0 amide bonds. The van der Waals surface area contributed by atoms with Crippen molar-refractivity contribution in [1.82, 2.24) is 0 Å². The van der Waals surface area contributed by atoms with Crippen LogP contribution in [0.2, 0.25) is 0 Å². The Balaban J connectivity index is 1.90. The Morgan fingerprint density at radius 3 is 2.22 bits per heavy atom. The van der Waals surface area contributed by atoms with E-state index in [1.165, 1.54) is 5.57 Å². The van der Waals surface area contributed by atoms with Gasteiger partial charge in [0.1, 0.15) is 11.9 Å². The molecular formula is C27H38O5. The number of carbonyl (C=O) groups is 1. The highest BCUT2D eigenvalue weighted by Crippen LogP contribution is 2.41. The van der Waals surface area contributed by atoms with Crippen LogP contribution in [-0.2, 0) is 22.7 Å². The van der Waals surface area contributed by atoms with Gasteiger partial charge in [-0.3, -0.25) is 4.79 Å². The molecule has 0 heterocycles. The molecule has 5 heteroatoms. The SMILES string of the molecule is CC(C)(C)CC(C1=CCC(OCCC(=O)Oc2c(CO)cccc2CO)C#C1)C(C)(C)C. The predicted molar refractivity (Wildman–Crippen MR) is 126 cm³/mol. The molecule has 1 aromatic carbocycles. The number of carbonyl (C=O) groups excluding carboxylic acids is 1. The second-order valence-electron chi connectivity index (χ2n) is 10.7. The fourth-order valence-electron chi connectivity index (χ4n) is 3.81. The first-order chi connectivity index (χ1) is 14.9. The molecule has 0 spiro atoms. The Labute approximate surface area is 192 Å². The first kappa shape index (κ1) is 26.1. The highest BCUT2D eigenvalue weighted by atomic mass is 16.5. The van der Waals surface area contributed by atoms with E-state index in [1.807, 2.05) is 0 Å². The zero-order valence-electron chi connectivity index (χ0n) is 20.3. The molecule has 0 saturated carbocycles. The van der Waals surface area contributed by atoms with Gasteiger partial charge in [0.25, 0.3) is 0 Å². The Hall–Kier alpha value is -2.13. The Bertz CT molecular complexity index is 852. The number of hydrogen-bond acceptors (Lipinski definition) is 5. The summed E-state index contributed by atoms with van der Waals surface area (Å²) in [5.74, 6) is 6.67. The van der Waals surface area contributed by atoms with Crippen molar-refractivity contribution < 1.29 is 24.5 Å². The largest absolute Gasteiger partial charge is 0.426 e. The molecule has 0 aliphatic heterocycles. The number of aliphatic hydroxyl groups excluding tert-OH is 2. The fourth-order valence-corrected chi connectivity index (χ4v) is 3.81. The lowest BCUT2D eigenvalue weighted by atomic mass is 9.68. The molecule has 1 aliphatic carbocycles. The van der Waals surface area contributed by atoms with Gasteiger partial charge >= 0.3 is 5.97 Å². The highest BCUT2D eigenvalue weighted by Gasteiger charge is 2.32. The van der Waals surface area contributed by atoms with E-state index in [0.29, 0.717) is 23.5 Å². The molecule has 2 rings (SSSR count). The summed E-state index contributed by atoms with van der Waals surface area (Å²) in [5.41, 5.74) is 2.46. The van der Waals surface area contributed by atoms with Crippen LogP contribution < -0.4 is 4.74 Å². The third kappa shape index (κ3) is 7.78. The van der Waals surface area contributed by atoms with Gasteiger partial charge in [0, 0.05) is 23.1 Å². The van der Waals surface area contributed by atoms with E-state index >= 15 is 0 Å². The molecule has 1 aromatic rings. The van der Waals surface area contributed by atoms with Crippen LogP contribution in [-0.4, -0.2) is 28.9 Å². The normalized spacial score (nSPS) is 17.2. The first-order valence-electron chi connectivity index (χ1n) is 11.3. The number of aliphatic hydroxyl groups is 2. The summed E-state index contributed by atoms with van der Waals surface area (Å²) in [6.07, 6.45) is 3.79. The van der Waals surface area contributed by atoms with E-state index in [1.54, 1.807) is 18.2 Å². The molecule has 0 saturated heterocycles. The minimum Gasteiger partial charge on any atom is -0.426 e. The van der Waals surface area contributed by atoms with E-state index in [2.05, 4.69) is 59.5 Å². The van der Waals surface area contributed by atoms with E-state index in [9.17, 15) is 15.0 Å². The van der Waals surface area contributed by atoms with Crippen LogP contribution >= 0.6 is 0 Å². The zero-order valence-corrected chi connectivity index (χ0v) is 20.3. The van der Waals surface area contributed by atoms with Crippen molar-refractivity contribution in [3.05, 3.63) is 41.0 Å². The summed E-state index contributed by atoms with van der Waals surface area (Å²) in [4.78, 5) is 12.3. The van der Waals surface area contributed by atoms with Crippen molar-refractivity contribution in [3.63, 3.8) is 0 Å². The summed E-state index contributed by atoms with van der Waals surface area (Å²) < 4.78 is 11.2. The summed E-state index contributed by atoms with van der Waals surface area (Å²) in [6.45, 7) is 13.2. The summed E-state index contributed by atoms with van der Waals surface area (Å²) in [6, 6.07) is 5.02. The van der Waals surface area contributed by atoms with Gasteiger partial charge < -0.3 is 19.7 Å². The minimum absolute atomic E-state index is 0.0635. The molecule has 0 aromatic heterocycles. The van der Waals surface area contributed by atoms with Crippen molar-refractivity contribution in [2.75, 3.05) is 6.61 Å². The van der Waals surface area contributed by atoms with Gasteiger partial charge in [-0.25, -0.2) is 0 Å². The summed E-state index contributed by atoms with van der Waals surface area (Å²) >= 11 is 0. The number of hydrogen-bond donors (Lipinski definition) is 2. The second kappa shape index (κ2) is 11.1. The quantitative estimate of drug-likeness (QED) is 0.327. The van der Waals surface area contributed by atoms with Gasteiger partial charge in [0.05, 0.1) is 26.2 Å². The van der Waals surface area contributed by atoms with Crippen LogP contribution in [0, 0.1) is 28.6 Å². The molecular weight excluding hydrogens is 404 g/mol. The molecule has 5 nitrogen and oxygen atoms in total. The monoisotopic (exact) mass is 442 g/mol. The van der Waals surface area contributed by atoms with Crippen LogP contribution in [0.1, 0.15) is 71.9 Å². The molecule has 2 unspecified atom stereocenters. The number of rotatable bonds is 9. The Morgan fingerprint density at radius 1 is 1.12 bits per heavy atom. The number of ether oxygens (including phenoxy) is 2. The molecule has 176 valence electrons. The van der Waals surface area contributed by atoms with Gasteiger partial charge in [0.2, 0.25) is 0 Å². The van der Waals surface area contributed by atoms with Crippen molar-refractivity contribution in [3.8, 4) is 17.6 Å². The van der Waals surface area contributed by atoms with E-state index in [4.69, 9.17) is 9.47 Å². The lowest BCUT2D eigenvalue weighted by Gasteiger charge is -2.36. The third-order valence-electron chi connectivity index (χ3n) is 5.53.